The molecule has 0 radical (unpaired) electrons. The van der Waals surface area contributed by atoms with Gasteiger partial charge in [-0.3, -0.25) is 10.1 Å². The van der Waals surface area contributed by atoms with Gasteiger partial charge in [0, 0.05) is 13.1 Å². The molecular formula is C10H11FN2O3. The van der Waals surface area contributed by atoms with E-state index in [0.29, 0.717) is 0 Å². The number of nitrogens with zero attached hydrogens (tertiary/aromatic N) is 2. The molecule has 1 N–H and O–H groups in total. The SMILES string of the molecule is CC1(O)CN(c2cccc(F)c2[N+](=O)[O-])C1. The van der Waals surface area contributed by atoms with Crippen molar-refractivity contribution in [1.29, 1.82) is 0 Å². The van der Waals surface area contributed by atoms with Crippen molar-refractivity contribution in [1.82, 2.24) is 0 Å². The minimum absolute atomic E-state index is 0.219. The molecule has 1 aliphatic rings. The Labute approximate surface area is 91.3 Å². The first-order valence-electron chi connectivity index (χ1n) is 4.81. The van der Waals surface area contributed by atoms with Crippen LogP contribution in [-0.4, -0.2) is 28.7 Å². The summed E-state index contributed by atoms with van der Waals surface area (Å²) in [5, 5.41) is 20.3. The number of aliphatic hydroxyl groups is 1. The van der Waals surface area contributed by atoms with Crippen LogP contribution in [0.15, 0.2) is 18.2 Å². The second-order valence-corrected chi connectivity index (χ2v) is 4.22. The molecule has 1 saturated heterocycles. The summed E-state index contributed by atoms with van der Waals surface area (Å²) in [5.41, 5.74) is -1.16. The van der Waals surface area contributed by atoms with Crippen molar-refractivity contribution in [3.63, 3.8) is 0 Å². The van der Waals surface area contributed by atoms with Crippen molar-refractivity contribution in [3.8, 4) is 0 Å². The van der Waals surface area contributed by atoms with Crippen LogP contribution >= 0.6 is 0 Å². The van der Waals surface area contributed by atoms with E-state index in [9.17, 15) is 19.6 Å². The van der Waals surface area contributed by atoms with Crippen LogP contribution in [0.25, 0.3) is 0 Å². The third kappa shape index (κ3) is 1.71. The van der Waals surface area contributed by atoms with E-state index in [4.69, 9.17) is 0 Å². The number of hydrogen-bond acceptors (Lipinski definition) is 4. The highest BCUT2D eigenvalue weighted by molar-refractivity contribution is 5.65. The maximum atomic E-state index is 13.3. The molecule has 6 heteroatoms. The molecule has 16 heavy (non-hydrogen) atoms. The van der Waals surface area contributed by atoms with Crippen LogP contribution in [0.2, 0.25) is 0 Å². The van der Waals surface area contributed by atoms with Crippen molar-refractivity contribution in [2.75, 3.05) is 18.0 Å². The monoisotopic (exact) mass is 226 g/mol. The zero-order chi connectivity index (χ0) is 11.9. The maximum Gasteiger partial charge on any atom is 0.327 e. The van der Waals surface area contributed by atoms with Gasteiger partial charge >= 0.3 is 5.69 Å². The molecule has 1 aromatic rings. The molecule has 86 valence electrons. The molecule has 0 aromatic heterocycles. The van der Waals surface area contributed by atoms with E-state index in [0.717, 1.165) is 6.07 Å². The molecule has 1 aromatic carbocycles. The van der Waals surface area contributed by atoms with Crippen molar-refractivity contribution >= 4 is 11.4 Å². The van der Waals surface area contributed by atoms with E-state index < -0.39 is 22.0 Å². The van der Waals surface area contributed by atoms with Crippen LogP contribution in [0.1, 0.15) is 6.92 Å². The van der Waals surface area contributed by atoms with Crippen LogP contribution in [0.5, 0.6) is 0 Å². The van der Waals surface area contributed by atoms with Gasteiger partial charge in [-0.25, -0.2) is 0 Å². The number of nitro benzene ring substituents is 1. The minimum Gasteiger partial charge on any atom is -0.386 e. The van der Waals surface area contributed by atoms with E-state index in [-0.39, 0.29) is 18.8 Å². The number of para-hydroxylation sites is 1. The Kier molecular flexibility index (Phi) is 2.31. The Morgan fingerprint density at radius 1 is 1.56 bits per heavy atom. The molecule has 5 nitrogen and oxygen atoms in total. The number of β-amino-alcohol motifs (C(OH)–C–C–N with tert-alkyl or cyclic N) is 1. The minimum atomic E-state index is -0.853. The number of nitro groups is 1. The quantitative estimate of drug-likeness (QED) is 0.609. The molecule has 1 aliphatic heterocycles. The number of rotatable bonds is 2. The lowest BCUT2D eigenvalue weighted by molar-refractivity contribution is -0.386. The van der Waals surface area contributed by atoms with Crippen LogP contribution in [0.3, 0.4) is 0 Å². The first kappa shape index (κ1) is 10.8. The van der Waals surface area contributed by atoms with Crippen molar-refractivity contribution in [2.45, 2.75) is 12.5 Å². The fourth-order valence-electron chi connectivity index (χ4n) is 1.89. The summed E-state index contributed by atoms with van der Waals surface area (Å²) >= 11 is 0. The lowest BCUT2D eigenvalue weighted by Gasteiger charge is -2.45. The fourth-order valence-corrected chi connectivity index (χ4v) is 1.89. The predicted octanol–water partition coefficient (Wildman–Crippen LogP) is 1.30. The summed E-state index contributed by atoms with van der Waals surface area (Å²) < 4.78 is 13.3. The summed E-state index contributed by atoms with van der Waals surface area (Å²) in [6.07, 6.45) is 0. The topological polar surface area (TPSA) is 66.6 Å². The van der Waals surface area contributed by atoms with Gasteiger partial charge in [-0.1, -0.05) is 6.07 Å². The van der Waals surface area contributed by atoms with Crippen LogP contribution in [0.4, 0.5) is 15.8 Å². The van der Waals surface area contributed by atoms with Crippen molar-refractivity contribution in [3.05, 3.63) is 34.1 Å². The summed E-state index contributed by atoms with van der Waals surface area (Å²) in [6.45, 7) is 2.18. The Hall–Kier alpha value is -1.69. The van der Waals surface area contributed by atoms with E-state index >= 15 is 0 Å². The number of anilines is 1. The van der Waals surface area contributed by atoms with E-state index in [1.807, 2.05) is 0 Å². The second kappa shape index (κ2) is 3.41. The van der Waals surface area contributed by atoms with Gasteiger partial charge in [0.25, 0.3) is 0 Å². The molecular weight excluding hydrogens is 215 g/mol. The fraction of sp³-hybridized carbons (Fsp3) is 0.400. The smallest absolute Gasteiger partial charge is 0.327 e. The average molecular weight is 226 g/mol. The first-order valence-corrected chi connectivity index (χ1v) is 4.81. The molecule has 2 rings (SSSR count). The van der Waals surface area contributed by atoms with Crippen molar-refractivity contribution in [2.24, 2.45) is 0 Å². The molecule has 1 fully saturated rings. The molecule has 0 saturated carbocycles. The highest BCUT2D eigenvalue weighted by Crippen LogP contribution is 2.35. The van der Waals surface area contributed by atoms with Gasteiger partial charge in [0.1, 0.15) is 5.69 Å². The number of hydrogen-bond donors (Lipinski definition) is 1. The molecule has 0 spiro atoms. The average Bonchev–Trinajstić information content (AvgIpc) is 2.12. The van der Waals surface area contributed by atoms with Gasteiger partial charge in [-0.05, 0) is 19.1 Å². The molecule has 0 amide bonds. The third-order valence-electron chi connectivity index (χ3n) is 2.55. The van der Waals surface area contributed by atoms with Gasteiger partial charge < -0.3 is 10.0 Å². The van der Waals surface area contributed by atoms with Crippen LogP contribution in [-0.2, 0) is 0 Å². The zero-order valence-electron chi connectivity index (χ0n) is 8.68. The van der Waals surface area contributed by atoms with Crippen LogP contribution < -0.4 is 4.90 Å². The summed E-state index contributed by atoms with van der Waals surface area (Å²) in [4.78, 5) is 11.6. The molecule has 1 heterocycles. The van der Waals surface area contributed by atoms with E-state index in [1.165, 1.54) is 12.1 Å². The Morgan fingerprint density at radius 3 is 2.69 bits per heavy atom. The highest BCUT2D eigenvalue weighted by atomic mass is 19.1. The van der Waals surface area contributed by atoms with E-state index in [2.05, 4.69) is 0 Å². The van der Waals surface area contributed by atoms with Gasteiger partial charge in [-0.15, -0.1) is 0 Å². The standard InChI is InChI=1S/C10H11FN2O3/c1-10(14)5-12(6-10)8-4-2-3-7(11)9(8)13(15)16/h2-4,14H,5-6H2,1H3. The molecule has 0 unspecified atom stereocenters. The largest absolute Gasteiger partial charge is 0.386 e. The number of benzene rings is 1. The Bertz CT molecular complexity index is 440. The highest BCUT2D eigenvalue weighted by Gasteiger charge is 2.39. The third-order valence-corrected chi connectivity index (χ3v) is 2.55. The van der Waals surface area contributed by atoms with E-state index in [1.54, 1.807) is 11.8 Å². The summed E-state index contributed by atoms with van der Waals surface area (Å²) in [5.74, 6) is -0.853. The van der Waals surface area contributed by atoms with Crippen molar-refractivity contribution < 1.29 is 14.4 Å². The van der Waals surface area contributed by atoms with Gasteiger partial charge in [0.15, 0.2) is 0 Å². The van der Waals surface area contributed by atoms with Gasteiger partial charge in [0.05, 0.1) is 10.5 Å². The summed E-state index contributed by atoms with van der Waals surface area (Å²) in [7, 11) is 0. The second-order valence-electron chi connectivity index (χ2n) is 4.22. The zero-order valence-corrected chi connectivity index (χ0v) is 8.68. The number of halogens is 1. The summed E-state index contributed by atoms with van der Waals surface area (Å²) in [6, 6.07) is 3.96. The Morgan fingerprint density at radius 2 is 2.19 bits per heavy atom. The van der Waals surface area contributed by atoms with Gasteiger partial charge in [0.2, 0.25) is 5.82 Å². The predicted molar refractivity (Wildman–Crippen MR) is 55.9 cm³/mol. The normalized spacial score (nSPS) is 18.1. The molecule has 0 atom stereocenters. The maximum absolute atomic E-state index is 13.3. The van der Waals surface area contributed by atoms with Gasteiger partial charge in [-0.2, -0.15) is 4.39 Å². The Balaban J connectivity index is 2.35. The lowest BCUT2D eigenvalue weighted by atomic mass is 9.96. The molecule has 0 bridgehead atoms. The first-order chi connectivity index (χ1) is 7.41. The lowest BCUT2D eigenvalue weighted by Crippen LogP contribution is -2.60. The van der Waals surface area contributed by atoms with Crippen LogP contribution in [0, 0.1) is 15.9 Å². The molecule has 0 aliphatic carbocycles.